The number of hydrogen-bond donors (Lipinski definition) is 2. The molecule has 1 aromatic heterocycles. The van der Waals surface area contributed by atoms with E-state index in [0.29, 0.717) is 36.8 Å². The van der Waals surface area contributed by atoms with Crippen molar-refractivity contribution in [3.8, 4) is 0 Å². The number of hydrogen-bond acceptors (Lipinski definition) is 6. The van der Waals surface area contributed by atoms with Gasteiger partial charge in [-0.15, -0.1) is 0 Å². The molecular formula is C25H28N6O2. The van der Waals surface area contributed by atoms with Crippen LogP contribution in [0.25, 0.3) is 10.9 Å². The molecule has 0 saturated carbocycles. The molecule has 1 saturated heterocycles. The molecule has 0 spiro atoms. The topological polar surface area (TPSA) is 90.5 Å². The highest BCUT2D eigenvalue weighted by atomic mass is 16.2. The van der Waals surface area contributed by atoms with E-state index in [9.17, 15) is 9.59 Å². The van der Waals surface area contributed by atoms with Crippen LogP contribution in [0.2, 0.25) is 0 Å². The molecule has 8 heteroatoms. The maximum Gasteiger partial charge on any atom is 0.253 e. The Morgan fingerprint density at radius 3 is 2.73 bits per heavy atom. The molecule has 2 amide bonds. The number of rotatable bonds is 7. The van der Waals surface area contributed by atoms with E-state index in [4.69, 9.17) is 0 Å². The number of carbonyl (C=O) groups excluding carboxylic acids is 2. The molecule has 3 aromatic rings. The molecule has 1 aliphatic heterocycles. The van der Waals surface area contributed by atoms with Gasteiger partial charge in [0.2, 0.25) is 11.9 Å². The molecule has 0 bridgehead atoms. The molecule has 8 nitrogen and oxygen atoms in total. The first-order valence-corrected chi connectivity index (χ1v) is 11.0. The van der Waals surface area contributed by atoms with Gasteiger partial charge in [0.05, 0.1) is 5.52 Å². The van der Waals surface area contributed by atoms with Crippen LogP contribution in [-0.4, -0.2) is 71.4 Å². The lowest BCUT2D eigenvalue weighted by Crippen LogP contribution is -2.31. The van der Waals surface area contributed by atoms with Gasteiger partial charge in [0, 0.05) is 54.6 Å². The lowest BCUT2D eigenvalue weighted by molar-refractivity contribution is -0.111. The normalized spacial score (nSPS) is 16.0. The summed E-state index contributed by atoms with van der Waals surface area (Å²) in [5.41, 5.74) is 2.14. The monoisotopic (exact) mass is 444 g/mol. The molecule has 33 heavy (non-hydrogen) atoms. The second kappa shape index (κ2) is 10.2. The van der Waals surface area contributed by atoms with Gasteiger partial charge < -0.3 is 20.4 Å². The molecule has 1 fully saturated rings. The van der Waals surface area contributed by atoms with Crippen LogP contribution in [0, 0.1) is 0 Å². The number of nitrogens with one attached hydrogen (secondary N) is 2. The van der Waals surface area contributed by atoms with Crippen molar-refractivity contribution in [3.63, 3.8) is 0 Å². The molecule has 170 valence electrons. The van der Waals surface area contributed by atoms with Crippen LogP contribution in [0.15, 0.2) is 66.9 Å². The minimum Gasteiger partial charge on any atom is -0.350 e. The average Bonchev–Trinajstić information content (AvgIpc) is 3.27. The maximum absolute atomic E-state index is 12.9. The molecule has 1 atom stereocenters. The molecule has 0 aliphatic carbocycles. The van der Waals surface area contributed by atoms with Crippen molar-refractivity contribution in [1.82, 2.24) is 19.8 Å². The van der Waals surface area contributed by atoms with Gasteiger partial charge in [-0.1, -0.05) is 24.3 Å². The van der Waals surface area contributed by atoms with Crippen molar-refractivity contribution < 1.29 is 9.59 Å². The van der Waals surface area contributed by atoms with Crippen LogP contribution in [0.4, 0.5) is 11.6 Å². The first kappa shape index (κ1) is 22.4. The number of fused-ring (bicyclic) bond motifs is 1. The Balaban J connectivity index is 1.31. The SMILES string of the molecule is CN(C)C/C=C/C(=O)Nc1ccc(C(=O)N2CC[C@H](Nc3ncc4ccccc4n3)C2)cc1. The van der Waals surface area contributed by atoms with Crippen molar-refractivity contribution in [2.24, 2.45) is 0 Å². The Kier molecular flexibility index (Phi) is 6.95. The van der Waals surface area contributed by atoms with Crippen molar-refractivity contribution in [3.05, 3.63) is 72.4 Å². The lowest BCUT2D eigenvalue weighted by atomic mass is 10.2. The maximum atomic E-state index is 12.9. The van der Waals surface area contributed by atoms with E-state index < -0.39 is 0 Å². The van der Waals surface area contributed by atoms with Crippen LogP contribution in [-0.2, 0) is 4.79 Å². The predicted molar refractivity (Wildman–Crippen MR) is 130 cm³/mol. The Morgan fingerprint density at radius 2 is 1.94 bits per heavy atom. The number of nitrogens with zero attached hydrogens (tertiary/aromatic N) is 4. The van der Waals surface area contributed by atoms with E-state index in [1.54, 1.807) is 36.5 Å². The third-order valence-corrected chi connectivity index (χ3v) is 5.44. The number of para-hydroxylation sites is 1. The van der Waals surface area contributed by atoms with Crippen LogP contribution >= 0.6 is 0 Å². The smallest absolute Gasteiger partial charge is 0.253 e. The highest BCUT2D eigenvalue weighted by molar-refractivity contribution is 6.00. The highest BCUT2D eigenvalue weighted by Crippen LogP contribution is 2.19. The summed E-state index contributed by atoms with van der Waals surface area (Å²) in [5.74, 6) is 0.357. The Labute approximate surface area is 193 Å². The highest BCUT2D eigenvalue weighted by Gasteiger charge is 2.27. The molecule has 4 rings (SSSR count). The zero-order chi connectivity index (χ0) is 23.2. The zero-order valence-electron chi connectivity index (χ0n) is 18.9. The molecule has 2 heterocycles. The van der Waals surface area contributed by atoms with Crippen LogP contribution in [0.3, 0.4) is 0 Å². The van der Waals surface area contributed by atoms with Gasteiger partial charge in [0.1, 0.15) is 0 Å². The molecule has 2 aromatic carbocycles. The lowest BCUT2D eigenvalue weighted by Gasteiger charge is -2.17. The fourth-order valence-corrected chi connectivity index (χ4v) is 3.72. The van der Waals surface area contributed by atoms with E-state index in [2.05, 4.69) is 20.6 Å². The number of anilines is 2. The van der Waals surface area contributed by atoms with Crippen LogP contribution < -0.4 is 10.6 Å². The number of amides is 2. The molecule has 0 unspecified atom stereocenters. The van der Waals surface area contributed by atoms with Gasteiger partial charge >= 0.3 is 0 Å². The van der Waals surface area contributed by atoms with Gasteiger partial charge in [-0.05, 0) is 50.8 Å². The van der Waals surface area contributed by atoms with Gasteiger partial charge in [-0.25, -0.2) is 9.97 Å². The summed E-state index contributed by atoms with van der Waals surface area (Å²) >= 11 is 0. The molecule has 2 N–H and O–H groups in total. The van der Waals surface area contributed by atoms with Crippen LogP contribution in [0.1, 0.15) is 16.8 Å². The Bertz CT molecular complexity index is 1160. The van der Waals surface area contributed by atoms with Crippen molar-refractivity contribution in [2.45, 2.75) is 12.5 Å². The summed E-state index contributed by atoms with van der Waals surface area (Å²) in [6.07, 6.45) is 5.94. The largest absolute Gasteiger partial charge is 0.350 e. The van der Waals surface area contributed by atoms with E-state index in [1.807, 2.05) is 48.2 Å². The minimum atomic E-state index is -0.194. The summed E-state index contributed by atoms with van der Waals surface area (Å²) in [5, 5.41) is 7.15. The summed E-state index contributed by atoms with van der Waals surface area (Å²) in [6, 6.07) is 14.9. The van der Waals surface area contributed by atoms with Gasteiger partial charge in [-0.2, -0.15) is 0 Å². The number of aromatic nitrogens is 2. The predicted octanol–water partition coefficient (Wildman–Crippen LogP) is 3.01. The third-order valence-electron chi connectivity index (χ3n) is 5.44. The first-order chi connectivity index (χ1) is 16.0. The summed E-state index contributed by atoms with van der Waals surface area (Å²) in [6.45, 7) is 1.95. The number of likely N-dealkylation sites (N-methyl/N-ethyl adjacent to an activating group) is 1. The molecular weight excluding hydrogens is 416 g/mol. The summed E-state index contributed by atoms with van der Waals surface area (Å²) in [7, 11) is 3.88. The minimum absolute atomic E-state index is 0.0255. The number of likely N-dealkylation sites (tertiary alicyclic amines) is 1. The second-order valence-electron chi connectivity index (χ2n) is 8.36. The van der Waals surface area contributed by atoms with Gasteiger partial charge in [0.25, 0.3) is 5.91 Å². The second-order valence-corrected chi connectivity index (χ2v) is 8.36. The Morgan fingerprint density at radius 1 is 1.15 bits per heavy atom. The van der Waals surface area contributed by atoms with Crippen molar-refractivity contribution >= 4 is 34.4 Å². The summed E-state index contributed by atoms with van der Waals surface area (Å²) in [4.78, 5) is 37.6. The van der Waals surface area contributed by atoms with E-state index in [1.165, 1.54) is 6.08 Å². The van der Waals surface area contributed by atoms with Gasteiger partial charge in [-0.3, -0.25) is 9.59 Å². The van der Waals surface area contributed by atoms with E-state index in [0.717, 1.165) is 17.3 Å². The van der Waals surface area contributed by atoms with Crippen molar-refractivity contribution in [1.29, 1.82) is 0 Å². The first-order valence-electron chi connectivity index (χ1n) is 11.0. The molecule has 1 aliphatic rings. The average molecular weight is 445 g/mol. The van der Waals surface area contributed by atoms with Crippen molar-refractivity contribution in [2.75, 3.05) is 44.4 Å². The van der Waals surface area contributed by atoms with Gasteiger partial charge in [0.15, 0.2) is 0 Å². The Hall–Kier alpha value is -3.78. The number of carbonyl (C=O) groups is 2. The quantitative estimate of drug-likeness (QED) is 0.545. The molecule has 0 radical (unpaired) electrons. The standard InChI is InChI=1S/C25H28N6O2/c1-30(2)14-5-8-23(32)27-20-11-9-18(10-12-20)24(33)31-15-13-21(17-31)28-25-26-16-19-6-3-4-7-22(19)29-25/h3-12,16,21H,13-15,17H2,1-2H3,(H,27,32)(H,26,28,29)/b8-5+/t21-/m0/s1. The van der Waals surface area contributed by atoms with E-state index >= 15 is 0 Å². The van der Waals surface area contributed by atoms with Crippen LogP contribution in [0.5, 0.6) is 0 Å². The van der Waals surface area contributed by atoms with E-state index in [-0.39, 0.29) is 17.9 Å². The fraction of sp³-hybridized carbons (Fsp3) is 0.280. The zero-order valence-corrected chi connectivity index (χ0v) is 18.9. The fourth-order valence-electron chi connectivity index (χ4n) is 3.72. The summed E-state index contributed by atoms with van der Waals surface area (Å²) < 4.78 is 0. The third kappa shape index (κ3) is 5.93. The number of benzene rings is 2.